The van der Waals surface area contributed by atoms with E-state index in [1.165, 1.54) is 0 Å². The summed E-state index contributed by atoms with van der Waals surface area (Å²) in [6.45, 7) is 5.36. The molecular weight excluding hydrogens is 166 g/mol. The van der Waals surface area contributed by atoms with Gasteiger partial charge in [-0.25, -0.2) is 0 Å². The monoisotopic (exact) mass is 181 g/mol. The van der Waals surface area contributed by atoms with Crippen molar-refractivity contribution in [3.63, 3.8) is 0 Å². The van der Waals surface area contributed by atoms with E-state index in [0.717, 1.165) is 5.57 Å². The summed E-state index contributed by atoms with van der Waals surface area (Å²) in [6, 6.07) is -0.812. The zero-order chi connectivity index (χ0) is 10.3. The molecule has 0 aromatic rings. The third kappa shape index (κ3) is 5.87. The predicted molar refractivity (Wildman–Crippen MR) is 53.3 cm³/mol. The maximum absolute atomic E-state index is 10.4. The van der Waals surface area contributed by atoms with Crippen molar-refractivity contribution in [3.05, 3.63) is 36.5 Å². The number of hydrogen-bond donors (Lipinski definition) is 2. The first-order valence-corrected chi connectivity index (χ1v) is 4.01. The Morgan fingerprint density at radius 2 is 2.23 bits per heavy atom. The van der Waals surface area contributed by atoms with Crippen molar-refractivity contribution in [2.45, 2.75) is 19.4 Å². The van der Waals surface area contributed by atoms with E-state index in [1.54, 1.807) is 18.2 Å². The first-order valence-electron chi connectivity index (χ1n) is 4.01. The van der Waals surface area contributed by atoms with E-state index in [2.05, 4.69) is 6.58 Å². The van der Waals surface area contributed by atoms with Gasteiger partial charge in [0.2, 0.25) is 0 Å². The van der Waals surface area contributed by atoms with Gasteiger partial charge in [-0.15, -0.1) is 0 Å². The summed E-state index contributed by atoms with van der Waals surface area (Å²) in [5, 5.41) is 8.52. The van der Waals surface area contributed by atoms with Crippen LogP contribution in [0.3, 0.4) is 0 Å². The van der Waals surface area contributed by atoms with Crippen LogP contribution < -0.4 is 5.73 Å². The molecule has 72 valence electrons. The van der Waals surface area contributed by atoms with E-state index in [1.807, 2.05) is 13.0 Å². The number of carbonyl (C=O) groups is 1. The Labute approximate surface area is 78.3 Å². The molecule has 0 saturated carbocycles. The topological polar surface area (TPSA) is 63.3 Å². The molecule has 0 saturated heterocycles. The molecule has 0 aliphatic rings. The van der Waals surface area contributed by atoms with Gasteiger partial charge in [-0.2, -0.15) is 0 Å². The molecule has 1 atom stereocenters. The molecule has 13 heavy (non-hydrogen) atoms. The summed E-state index contributed by atoms with van der Waals surface area (Å²) in [5.41, 5.74) is 6.27. The average molecular weight is 181 g/mol. The molecule has 0 aromatic carbocycles. The van der Waals surface area contributed by atoms with Crippen LogP contribution in [0.4, 0.5) is 0 Å². The lowest BCUT2D eigenvalue weighted by Crippen LogP contribution is -2.30. The Bertz CT molecular complexity index is 241. The Balaban J connectivity index is 4.05. The number of carboxylic acids is 1. The van der Waals surface area contributed by atoms with Crippen molar-refractivity contribution in [1.29, 1.82) is 0 Å². The van der Waals surface area contributed by atoms with Crippen molar-refractivity contribution in [3.8, 4) is 0 Å². The van der Waals surface area contributed by atoms with Gasteiger partial charge in [0.15, 0.2) is 0 Å². The fourth-order valence-corrected chi connectivity index (χ4v) is 0.801. The van der Waals surface area contributed by atoms with E-state index in [-0.39, 0.29) is 0 Å². The summed E-state index contributed by atoms with van der Waals surface area (Å²) in [4.78, 5) is 10.4. The van der Waals surface area contributed by atoms with Crippen LogP contribution in [-0.4, -0.2) is 17.1 Å². The van der Waals surface area contributed by atoms with Gasteiger partial charge in [0, 0.05) is 0 Å². The first kappa shape index (κ1) is 11.6. The van der Waals surface area contributed by atoms with E-state index in [9.17, 15) is 4.79 Å². The number of rotatable bonds is 5. The molecule has 0 heterocycles. The molecule has 3 N–H and O–H groups in total. The molecule has 3 heteroatoms. The second-order valence-electron chi connectivity index (χ2n) is 2.78. The normalized spacial score (nSPS) is 14.5. The van der Waals surface area contributed by atoms with Gasteiger partial charge in [-0.3, -0.25) is 4.79 Å². The van der Waals surface area contributed by atoms with E-state index in [0.29, 0.717) is 6.42 Å². The molecule has 0 amide bonds. The van der Waals surface area contributed by atoms with E-state index >= 15 is 0 Å². The molecule has 0 aromatic heterocycles. The molecule has 0 rings (SSSR count). The molecule has 1 unspecified atom stereocenters. The highest BCUT2D eigenvalue weighted by atomic mass is 16.4. The van der Waals surface area contributed by atoms with Gasteiger partial charge in [0.1, 0.15) is 6.04 Å². The summed E-state index contributed by atoms with van der Waals surface area (Å²) in [5.74, 6) is -0.972. The molecule has 0 bridgehead atoms. The minimum Gasteiger partial charge on any atom is -0.480 e. The number of carboxylic acid groups (broad SMARTS) is 1. The van der Waals surface area contributed by atoms with Gasteiger partial charge in [0.25, 0.3) is 0 Å². The number of aliphatic carboxylic acids is 1. The third-order valence-electron chi connectivity index (χ3n) is 1.49. The highest BCUT2D eigenvalue weighted by molar-refractivity contribution is 5.73. The molecule has 0 aliphatic carbocycles. The van der Waals surface area contributed by atoms with Gasteiger partial charge in [0.05, 0.1) is 0 Å². The van der Waals surface area contributed by atoms with Gasteiger partial charge in [-0.1, -0.05) is 36.5 Å². The summed E-state index contributed by atoms with van der Waals surface area (Å²) < 4.78 is 0. The van der Waals surface area contributed by atoms with E-state index in [4.69, 9.17) is 10.8 Å². The number of allylic oxidation sites excluding steroid dienone is 4. The maximum Gasteiger partial charge on any atom is 0.320 e. The highest BCUT2D eigenvalue weighted by Gasteiger charge is 2.10. The van der Waals surface area contributed by atoms with Crippen LogP contribution in [0.1, 0.15) is 13.3 Å². The maximum atomic E-state index is 10.4. The predicted octanol–water partition coefficient (Wildman–Crippen LogP) is 1.48. The van der Waals surface area contributed by atoms with Crippen molar-refractivity contribution in [2.75, 3.05) is 0 Å². The summed E-state index contributed by atoms with van der Waals surface area (Å²) in [7, 11) is 0. The third-order valence-corrected chi connectivity index (χ3v) is 1.49. The molecule has 0 spiro atoms. The molecule has 0 fully saturated rings. The van der Waals surface area contributed by atoms with Gasteiger partial charge in [-0.05, 0) is 13.3 Å². The van der Waals surface area contributed by atoms with Crippen LogP contribution in [0, 0.1) is 0 Å². The largest absolute Gasteiger partial charge is 0.480 e. The molecule has 0 aliphatic heterocycles. The smallest absolute Gasteiger partial charge is 0.320 e. The Morgan fingerprint density at radius 3 is 2.69 bits per heavy atom. The Morgan fingerprint density at radius 1 is 1.62 bits per heavy atom. The highest BCUT2D eigenvalue weighted by Crippen LogP contribution is 2.03. The summed E-state index contributed by atoms with van der Waals surface area (Å²) in [6.07, 6.45) is 7.43. The molecular formula is C10H15NO2. The van der Waals surface area contributed by atoms with Crippen molar-refractivity contribution in [1.82, 2.24) is 0 Å². The number of hydrogen-bond acceptors (Lipinski definition) is 2. The Hall–Kier alpha value is -1.35. The number of nitrogens with two attached hydrogens (primary N) is 1. The van der Waals surface area contributed by atoms with Gasteiger partial charge < -0.3 is 10.8 Å². The SMILES string of the molecule is C=C/C=C\C=C(/C)CC(N)C(=O)O. The first-order chi connectivity index (χ1) is 6.07. The minimum absolute atomic E-state index is 0.372. The van der Waals surface area contributed by atoms with Crippen LogP contribution in [-0.2, 0) is 4.79 Å². The lowest BCUT2D eigenvalue weighted by molar-refractivity contribution is -0.138. The second-order valence-corrected chi connectivity index (χ2v) is 2.78. The quantitative estimate of drug-likeness (QED) is 0.631. The van der Waals surface area contributed by atoms with E-state index < -0.39 is 12.0 Å². The van der Waals surface area contributed by atoms with Crippen molar-refractivity contribution in [2.24, 2.45) is 5.73 Å². The average Bonchev–Trinajstić information content (AvgIpc) is 2.04. The van der Waals surface area contributed by atoms with Crippen LogP contribution >= 0.6 is 0 Å². The zero-order valence-corrected chi connectivity index (χ0v) is 7.73. The van der Waals surface area contributed by atoms with Crippen LogP contribution in [0.2, 0.25) is 0 Å². The summed E-state index contributed by atoms with van der Waals surface area (Å²) >= 11 is 0. The fourth-order valence-electron chi connectivity index (χ4n) is 0.801. The van der Waals surface area contributed by atoms with Crippen molar-refractivity contribution >= 4 is 5.97 Å². The van der Waals surface area contributed by atoms with Gasteiger partial charge >= 0.3 is 5.97 Å². The fraction of sp³-hybridized carbons (Fsp3) is 0.300. The lowest BCUT2D eigenvalue weighted by atomic mass is 10.1. The van der Waals surface area contributed by atoms with Crippen molar-refractivity contribution < 1.29 is 9.90 Å². The zero-order valence-electron chi connectivity index (χ0n) is 7.73. The second kappa shape index (κ2) is 6.20. The lowest BCUT2D eigenvalue weighted by Gasteiger charge is -2.04. The van der Waals surface area contributed by atoms with Crippen LogP contribution in [0.15, 0.2) is 36.5 Å². The molecule has 0 radical (unpaired) electrons. The standard InChI is InChI=1S/C10H15NO2/c1-3-4-5-6-8(2)7-9(11)10(12)13/h3-6,9H,1,7,11H2,2H3,(H,12,13)/b5-4-,8-6+. The molecule has 3 nitrogen and oxygen atoms in total. The Kier molecular flexibility index (Phi) is 5.55. The van der Waals surface area contributed by atoms with Crippen LogP contribution in [0.25, 0.3) is 0 Å². The van der Waals surface area contributed by atoms with Crippen LogP contribution in [0.5, 0.6) is 0 Å². The minimum atomic E-state index is -0.972.